The molecule has 1 aliphatic heterocycles. The van der Waals surface area contributed by atoms with Crippen molar-refractivity contribution in [2.24, 2.45) is 0 Å². The topological polar surface area (TPSA) is 46.1 Å². The zero-order valence-corrected chi connectivity index (χ0v) is 11.6. The van der Waals surface area contributed by atoms with Crippen LogP contribution in [-0.2, 0) is 6.54 Å². The zero-order valence-electron chi connectivity index (χ0n) is 10.0. The lowest BCUT2D eigenvalue weighted by atomic mass is 10.2. The molecular formula is C12H18BrN3O. The second kappa shape index (κ2) is 5.69. The zero-order chi connectivity index (χ0) is 12.3. The molecule has 2 heterocycles. The van der Waals surface area contributed by atoms with Gasteiger partial charge in [0.25, 0.3) is 5.91 Å². The molecule has 1 aromatic rings. The third-order valence-electron chi connectivity index (χ3n) is 2.96. The fourth-order valence-corrected chi connectivity index (χ4v) is 2.59. The summed E-state index contributed by atoms with van der Waals surface area (Å²) in [6, 6.07) is 2.15. The maximum absolute atomic E-state index is 12.1. The lowest BCUT2D eigenvalue weighted by molar-refractivity contribution is 0.0930. The first-order chi connectivity index (χ1) is 8.20. The van der Waals surface area contributed by atoms with E-state index in [0.717, 1.165) is 42.6 Å². The summed E-state index contributed by atoms with van der Waals surface area (Å²) < 4.78 is 2.96. The maximum atomic E-state index is 12.1. The van der Waals surface area contributed by atoms with Crippen LogP contribution < -0.4 is 10.6 Å². The van der Waals surface area contributed by atoms with Gasteiger partial charge in [-0.25, -0.2) is 0 Å². The molecule has 0 aromatic carbocycles. The second-order valence-corrected chi connectivity index (χ2v) is 5.32. The minimum Gasteiger partial charge on any atom is -0.347 e. The van der Waals surface area contributed by atoms with Crippen molar-refractivity contribution in [1.82, 2.24) is 15.2 Å². The smallest absolute Gasteiger partial charge is 0.268 e. The van der Waals surface area contributed by atoms with Crippen LogP contribution in [0.1, 0.15) is 30.3 Å². The Morgan fingerprint density at radius 1 is 1.71 bits per heavy atom. The number of rotatable bonds is 4. The molecule has 1 aliphatic rings. The van der Waals surface area contributed by atoms with E-state index in [2.05, 4.69) is 33.5 Å². The molecule has 1 atom stereocenters. The number of aryl methyl sites for hydroxylation is 1. The Morgan fingerprint density at radius 2 is 2.53 bits per heavy atom. The van der Waals surface area contributed by atoms with Crippen molar-refractivity contribution in [2.75, 3.05) is 13.1 Å². The van der Waals surface area contributed by atoms with Crippen LogP contribution in [0.25, 0.3) is 0 Å². The maximum Gasteiger partial charge on any atom is 0.268 e. The van der Waals surface area contributed by atoms with Gasteiger partial charge in [-0.05, 0) is 41.4 Å². The van der Waals surface area contributed by atoms with Gasteiger partial charge in [-0.15, -0.1) is 0 Å². The molecule has 0 bridgehead atoms. The molecule has 2 N–H and O–H groups in total. The summed E-state index contributed by atoms with van der Waals surface area (Å²) >= 11 is 3.42. The van der Waals surface area contributed by atoms with E-state index in [9.17, 15) is 4.79 Å². The SMILES string of the molecule is CCCn1cc(Br)cc1C(=O)NC1CCNC1. The van der Waals surface area contributed by atoms with Crippen molar-refractivity contribution >= 4 is 21.8 Å². The van der Waals surface area contributed by atoms with Gasteiger partial charge < -0.3 is 15.2 Å². The predicted molar refractivity (Wildman–Crippen MR) is 71.2 cm³/mol. The number of nitrogens with one attached hydrogen (secondary N) is 2. The van der Waals surface area contributed by atoms with Crippen LogP contribution in [0.4, 0.5) is 0 Å². The van der Waals surface area contributed by atoms with Crippen LogP contribution in [-0.4, -0.2) is 29.6 Å². The van der Waals surface area contributed by atoms with Crippen LogP contribution in [0.3, 0.4) is 0 Å². The molecule has 1 fully saturated rings. The Morgan fingerprint density at radius 3 is 3.18 bits per heavy atom. The number of carbonyl (C=O) groups excluding carboxylic acids is 1. The van der Waals surface area contributed by atoms with E-state index in [-0.39, 0.29) is 11.9 Å². The number of halogens is 1. The highest BCUT2D eigenvalue weighted by molar-refractivity contribution is 9.10. The van der Waals surface area contributed by atoms with Crippen molar-refractivity contribution in [3.63, 3.8) is 0 Å². The highest BCUT2D eigenvalue weighted by Gasteiger charge is 2.19. The number of hydrogen-bond acceptors (Lipinski definition) is 2. The average Bonchev–Trinajstić information content (AvgIpc) is 2.88. The second-order valence-electron chi connectivity index (χ2n) is 4.40. The Hall–Kier alpha value is -0.810. The highest BCUT2D eigenvalue weighted by atomic mass is 79.9. The van der Waals surface area contributed by atoms with Crippen molar-refractivity contribution in [1.29, 1.82) is 0 Å². The normalized spacial score (nSPS) is 19.5. The van der Waals surface area contributed by atoms with Crippen LogP contribution in [0, 0.1) is 0 Å². The molecule has 1 saturated heterocycles. The molecule has 1 amide bonds. The van der Waals surface area contributed by atoms with E-state index in [1.54, 1.807) is 0 Å². The third-order valence-corrected chi connectivity index (χ3v) is 3.39. The van der Waals surface area contributed by atoms with Gasteiger partial charge in [-0.3, -0.25) is 4.79 Å². The standard InChI is InChI=1S/C12H18BrN3O/c1-2-5-16-8-9(13)6-11(16)12(17)15-10-3-4-14-7-10/h6,8,10,14H,2-5,7H2,1H3,(H,15,17). The molecule has 0 saturated carbocycles. The Balaban J connectivity index is 2.06. The van der Waals surface area contributed by atoms with Crippen LogP contribution in [0.15, 0.2) is 16.7 Å². The molecule has 0 spiro atoms. The molecule has 94 valence electrons. The Bertz CT molecular complexity index is 396. The van der Waals surface area contributed by atoms with Crippen LogP contribution >= 0.6 is 15.9 Å². The first kappa shape index (κ1) is 12.6. The lowest BCUT2D eigenvalue weighted by Gasteiger charge is -2.12. The summed E-state index contributed by atoms with van der Waals surface area (Å²) in [7, 11) is 0. The van der Waals surface area contributed by atoms with Gasteiger partial charge in [-0.2, -0.15) is 0 Å². The molecule has 5 heteroatoms. The summed E-state index contributed by atoms with van der Waals surface area (Å²) in [6.45, 7) is 4.85. The van der Waals surface area contributed by atoms with Crippen molar-refractivity contribution < 1.29 is 4.79 Å². The fraction of sp³-hybridized carbons (Fsp3) is 0.583. The quantitative estimate of drug-likeness (QED) is 0.890. The molecular weight excluding hydrogens is 282 g/mol. The summed E-state index contributed by atoms with van der Waals surface area (Å²) in [5.41, 5.74) is 0.741. The molecule has 17 heavy (non-hydrogen) atoms. The first-order valence-corrected chi connectivity index (χ1v) is 6.87. The van der Waals surface area contributed by atoms with E-state index < -0.39 is 0 Å². The molecule has 0 aliphatic carbocycles. The highest BCUT2D eigenvalue weighted by Crippen LogP contribution is 2.16. The molecule has 4 nitrogen and oxygen atoms in total. The molecule has 0 radical (unpaired) electrons. The van der Waals surface area contributed by atoms with E-state index >= 15 is 0 Å². The van der Waals surface area contributed by atoms with Crippen LogP contribution in [0.2, 0.25) is 0 Å². The number of amides is 1. The number of carbonyl (C=O) groups is 1. The van der Waals surface area contributed by atoms with Crippen molar-refractivity contribution in [3.05, 3.63) is 22.4 Å². The summed E-state index contributed by atoms with van der Waals surface area (Å²) in [5, 5.41) is 6.31. The Labute approximate surface area is 110 Å². The van der Waals surface area contributed by atoms with E-state index in [4.69, 9.17) is 0 Å². The van der Waals surface area contributed by atoms with Gasteiger partial charge >= 0.3 is 0 Å². The number of hydrogen-bond donors (Lipinski definition) is 2. The first-order valence-electron chi connectivity index (χ1n) is 6.08. The van der Waals surface area contributed by atoms with Gasteiger partial charge in [0.1, 0.15) is 5.69 Å². The van der Waals surface area contributed by atoms with Gasteiger partial charge in [0, 0.05) is 29.8 Å². The fourth-order valence-electron chi connectivity index (χ4n) is 2.13. The third kappa shape index (κ3) is 3.10. The van der Waals surface area contributed by atoms with E-state index in [1.165, 1.54) is 0 Å². The number of nitrogens with zero attached hydrogens (tertiary/aromatic N) is 1. The molecule has 1 aromatic heterocycles. The monoisotopic (exact) mass is 299 g/mol. The van der Waals surface area contributed by atoms with Crippen molar-refractivity contribution in [2.45, 2.75) is 32.4 Å². The van der Waals surface area contributed by atoms with E-state index in [0.29, 0.717) is 0 Å². The lowest BCUT2D eigenvalue weighted by Crippen LogP contribution is -2.37. The largest absolute Gasteiger partial charge is 0.347 e. The van der Waals surface area contributed by atoms with Gasteiger partial charge in [-0.1, -0.05) is 6.92 Å². The van der Waals surface area contributed by atoms with Gasteiger partial charge in [0.15, 0.2) is 0 Å². The van der Waals surface area contributed by atoms with Crippen LogP contribution in [0.5, 0.6) is 0 Å². The molecule has 2 rings (SSSR count). The summed E-state index contributed by atoms with van der Waals surface area (Å²) in [5.74, 6) is 0.0258. The number of aromatic nitrogens is 1. The average molecular weight is 300 g/mol. The summed E-state index contributed by atoms with van der Waals surface area (Å²) in [6.07, 6.45) is 4.00. The predicted octanol–water partition coefficient (Wildman–Crippen LogP) is 1.75. The van der Waals surface area contributed by atoms with Gasteiger partial charge in [0.2, 0.25) is 0 Å². The van der Waals surface area contributed by atoms with Gasteiger partial charge in [0.05, 0.1) is 0 Å². The summed E-state index contributed by atoms with van der Waals surface area (Å²) in [4.78, 5) is 12.1. The van der Waals surface area contributed by atoms with Crippen molar-refractivity contribution in [3.8, 4) is 0 Å². The molecule has 1 unspecified atom stereocenters. The van der Waals surface area contributed by atoms with E-state index in [1.807, 2.05) is 16.8 Å². The minimum atomic E-state index is 0.0258. The minimum absolute atomic E-state index is 0.0258. The Kier molecular flexibility index (Phi) is 4.23.